The Hall–Kier alpha value is -3.31. The van der Waals surface area contributed by atoms with E-state index in [4.69, 9.17) is 33.2 Å². The summed E-state index contributed by atoms with van der Waals surface area (Å²) in [6.45, 7) is 13.5. The third-order valence-electron chi connectivity index (χ3n) is 14.3. The summed E-state index contributed by atoms with van der Waals surface area (Å²) in [5, 5.41) is 24.0. The average molecular weight is 902 g/mol. The SMILES string of the molecule is C=CC[C@@H]1/C=C(\C)C[C@H](C)C[C@H](OC)C2O[C@@](O)(C(=O)C(=O)N3CCCC[C@H]3C(=O)O[C@H](/C(C)=C/[C@@H]3CC[C@@H](OC[C@H]4CCC(=O)O4)[C@H](OC)C3)[C@H](C)[C@@H](O)CC1=O)[C@H](C)C[C@@H]2OC. The molecule has 1 aliphatic carbocycles. The zero-order valence-corrected chi connectivity index (χ0v) is 39.4. The number of amides is 1. The van der Waals surface area contributed by atoms with Crippen LogP contribution < -0.4 is 0 Å². The second kappa shape index (κ2) is 23.4. The van der Waals surface area contributed by atoms with Crippen LogP contribution in [0.3, 0.4) is 0 Å². The predicted octanol–water partition coefficient (Wildman–Crippen LogP) is 5.37. The van der Waals surface area contributed by atoms with Gasteiger partial charge in [0.25, 0.3) is 11.7 Å². The van der Waals surface area contributed by atoms with Crippen LogP contribution in [0.25, 0.3) is 0 Å². The van der Waals surface area contributed by atoms with E-state index in [2.05, 4.69) is 6.58 Å². The number of aliphatic hydroxyl groups excluding tert-OH is 1. The van der Waals surface area contributed by atoms with E-state index in [1.165, 1.54) is 19.1 Å². The number of esters is 2. The van der Waals surface area contributed by atoms with Crippen LogP contribution in [-0.4, -0.2) is 140 Å². The highest BCUT2D eigenvalue weighted by atomic mass is 16.7. The molecule has 2 N–H and O–H groups in total. The fourth-order valence-corrected chi connectivity index (χ4v) is 10.5. The summed E-state index contributed by atoms with van der Waals surface area (Å²) in [7, 11) is 4.68. The van der Waals surface area contributed by atoms with E-state index in [9.17, 15) is 34.2 Å². The number of rotatable bonds is 10. The number of fused-ring (bicyclic) bond motifs is 3. The summed E-state index contributed by atoms with van der Waals surface area (Å²) in [6, 6.07) is -1.16. The Morgan fingerprint density at radius 1 is 0.906 bits per heavy atom. The van der Waals surface area contributed by atoms with E-state index in [0.717, 1.165) is 12.0 Å². The minimum absolute atomic E-state index is 0.000657. The lowest BCUT2D eigenvalue weighted by Crippen LogP contribution is -2.64. The highest BCUT2D eigenvalue weighted by Crippen LogP contribution is 2.39. The Morgan fingerprint density at radius 3 is 2.27 bits per heavy atom. The lowest BCUT2D eigenvalue weighted by molar-refractivity contribution is -0.302. The van der Waals surface area contributed by atoms with Crippen LogP contribution >= 0.6 is 0 Å². The van der Waals surface area contributed by atoms with Gasteiger partial charge in [-0.15, -0.1) is 6.58 Å². The number of aliphatic hydroxyl groups is 2. The number of ketones is 2. The van der Waals surface area contributed by atoms with Gasteiger partial charge in [-0.25, -0.2) is 4.79 Å². The van der Waals surface area contributed by atoms with Crippen molar-refractivity contribution in [1.29, 1.82) is 0 Å². The Balaban J connectivity index is 1.48. The van der Waals surface area contributed by atoms with Crippen LogP contribution in [0.15, 0.2) is 36.0 Å². The van der Waals surface area contributed by atoms with Gasteiger partial charge in [0.2, 0.25) is 5.79 Å². The van der Waals surface area contributed by atoms with E-state index >= 15 is 0 Å². The lowest BCUT2D eigenvalue weighted by Gasteiger charge is -2.47. The molecule has 15 nitrogen and oxygen atoms in total. The smallest absolute Gasteiger partial charge is 0.329 e. The van der Waals surface area contributed by atoms with Crippen LogP contribution in [0.4, 0.5) is 0 Å². The second-order valence-corrected chi connectivity index (χ2v) is 19.2. The largest absolute Gasteiger partial charge is 0.460 e. The van der Waals surface area contributed by atoms with Gasteiger partial charge in [-0.05, 0) is 102 Å². The maximum atomic E-state index is 14.5. The molecule has 360 valence electrons. The number of cyclic esters (lactones) is 2. The highest BCUT2D eigenvalue weighted by molar-refractivity contribution is 6.39. The molecule has 3 saturated heterocycles. The maximum Gasteiger partial charge on any atom is 0.329 e. The van der Waals surface area contributed by atoms with Crippen molar-refractivity contribution in [3.05, 3.63) is 36.0 Å². The third-order valence-corrected chi connectivity index (χ3v) is 14.3. The predicted molar refractivity (Wildman–Crippen MR) is 235 cm³/mol. The van der Waals surface area contributed by atoms with Gasteiger partial charge < -0.3 is 48.3 Å². The zero-order chi connectivity index (χ0) is 46.9. The molecule has 5 rings (SSSR count). The molecular formula is C49H75NO14. The van der Waals surface area contributed by atoms with Crippen molar-refractivity contribution in [3.8, 4) is 0 Å². The normalized spacial score (nSPS) is 40.1. The summed E-state index contributed by atoms with van der Waals surface area (Å²) in [4.78, 5) is 70.0. The molecule has 0 aromatic carbocycles. The fraction of sp³-hybridized carbons (Fsp3) is 0.776. The average Bonchev–Trinajstić information content (AvgIpc) is 3.70. The summed E-state index contributed by atoms with van der Waals surface area (Å²) in [5.74, 6) is -8.07. The molecule has 4 fully saturated rings. The van der Waals surface area contributed by atoms with Crippen LogP contribution in [-0.2, 0) is 57.1 Å². The topological polar surface area (TPSA) is 194 Å². The van der Waals surface area contributed by atoms with Gasteiger partial charge in [-0.3, -0.25) is 19.2 Å². The van der Waals surface area contributed by atoms with Crippen LogP contribution in [0.1, 0.15) is 118 Å². The second-order valence-electron chi connectivity index (χ2n) is 19.2. The van der Waals surface area contributed by atoms with Gasteiger partial charge in [0, 0.05) is 58.5 Å². The first-order chi connectivity index (χ1) is 30.4. The van der Waals surface area contributed by atoms with Gasteiger partial charge in [0.1, 0.15) is 30.1 Å². The van der Waals surface area contributed by atoms with Crippen LogP contribution in [0.2, 0.25) is 0 Å². The Morgan fingerprint density at radius 2 is 1.61 bits per heavy atom. The molecule has 1 unspecified atom stereocenters. The number of allylic oxidation sites excluding steroid dienone is 4. The number of carbonyl (C=O) groups is 5. The molecule has 0 aromatic rings. The first-order valence-electron chi connectivity index (χ1n) is 23.5. The fourth-order valence-electron chi connectivity index (χ4n) is 10.5. The number of carbonyl (C=O) groups excluding carboxylic acids is 5. The minimum Gasteiger partial charge on any atom is -0.460 e. The van der Waals surface area contributed by atoms with Crippen molar-refractivity contribution in [2.75, 3.05) is 34.5 Å². The minimum atomic E-state index is -2.52. The zero-order valence-electron chi connectivity index (χ0n) is 39.4. The number of Topliss-reactive ketones (excluding diaryl/α,β-unsaturated/α-hetero) is 2. The van der Waals surface area contributed by atoms with Gasteiger partial charge in [0.15, 0.2) is 0 Å². The first-order valence-corrected chi connectivity index (χ1v) is 23.5. The lowest BCUT2D eigenvalue weighted by atomic mass is 9.81. The number of piperidine rings is 1. The summed E-state index contributed by atoms with van der Waals surface area (Å²) in [6.07, 6.45) is 6.30. The van der Waals surface area contributed by atoms with Crippen LogP contribution in [0.5, 0.6) is 0 Å². The molecule has 1 amide bonds. The number of ether oxygens (including phenoxy) is 7. The van der Waals surface area contributed by atoms with Crippen molar-refractivity contribution in [2.24, 2.45) is 29.6 Å². The first kappa shape index (κ1) is 51.7. The van der Waals surface area contributed by atoms with Crippen molar-refractivity contribution >= 4 is 29.4 Å². The third kappa shape index (κ3) is 12.6. The van der Waals surface area contributed by atoms with Crippen LogP contribution in [0, 0.1) is 29.6 Å². The molecule has 15 heteroatoms. The van der Waals surface area contributed by atoms with Crippen molar-refractivity contribution in [2.45, 2.75) is 179 Å². The van der Waals surface area contributed by atoms with Gasteiger partial charge in [-0.2, -0.15) is 0 Å². The molecule has 0 spiro atoms. The maximum absolute atomic E-state index is 14.5. The summed E-state index contributed by atoms with van der Waals surface area (Å²) >= 11 is 0. The molecule has 0 radical (unpaired) electrons. The van der Waals surface area contributed by atoms with Gasteiger partial charge in [-0.1, -0.05) is 44.6 Å². The van der Waals surface area contributed by atoms with Gasteiger partial charge >= 0.3 is 11.9 Å². The van der Waals surface area contributed by atoms with Gasteiger partial charge in [0.05, 0.1) is 37.1 Å². The monoisotopic (exact) mass is 902 g/mol. The van der Waals surface area contributed by atoms with Crippen molar-refractivity contribution in [3.63, 3.8) is 0 Å². The Labute approximate surface area is 379 Å². The van der Waals surface area contributed by atoms with Crippen molar-refractivity contribution in [1.82, 2.24) is 4.90 Å². The van der Waals surface area contributed by atoms with E-state index in [1.54, 1.807) is 27.0 Å². The number of hydrogen-bond acceptors (Lipinski definition) is 14. The molecule has 2 bridgehead atoms. The highest BCUT2D eigenvalue weighted by Gasteiger charge is 2.56. The standard InChI is InChI=1S/C49H75NO14/c1-10-13-34-21-28(2)20-29(3)22-41(59-8)45-42(60-9)24-31(5)49(57,64-45)46(54)47(55)50-19-12-11-14-36(50)48(56)63-44(32(6)37(51)26-38(34)52)30(4)23-33-15-17-39(40(25-33)58-7)61-27-35-16-18-43(53)62-35/h10,21,23,29,31-37,39-42,44-45,51,57H,1,11-20,22,24-27H2,2-9H3/b28-21+,30-23+/t29-,31+,32+,33-,34+,35+,36-,37-,39+,40+,41-,42-,44+,45?,49+/m0/s1. The molecule has 15 atom stereocenters. The molecule has 0 aromatic heterocycles. The molecule has 1 saturated carbocycles. The van der Waals surface area contributed by atoms with E-state index < -0.39 is 77.8 Å². The number of nitrogens with zero attached hydrogens (tertiary/aromatic N) is 1. The Bertz CT molecular complexity index is 1710. The summed E-state index contributed by atoms with van der Waals surface area (Å²) in [5.41, 5.74) is 1.61. The molecule has 4 heterocycles. The quantitative estimate of drug-likeness (QED) is 0.162. The number of hydrogen-bond donors (Lipinski definition) is 2. The molecule has 64 heavy (non-hydrogen) atoms. The summed E-state index contributed by atoms with van der Waals surface area (Å²) < 4.78 is 41.8. The molecular weight excluding hydrogens is 827 g/mol. The van der Waals surface area contributed by atoms with E-state index in [0.29, 0.717) is 70.0 Å². The van der Waals surface area contributed by atoms with Crippen molar-refractivity contribution < 1.29 is 67.3 Å². The molecule has 5 aliphatic rings. The Kier molecular flexibility index (Phi) is 18.9. The van der Waals surface area contributed by atoms with E-state index in [1.807, 2.05) is 32.9 Å². The molecule has 4 aliphatic heterocycles. The number of methoxy groups -OCH3 is 3. The van der Waals surface area contributed by atoms with E-state index in [-0.39, 0.29) is 67.7 Å².